The SMILES string of the molecule is CN(C(=O)OC(C)(C)C)C1CCN(C(=O)Cc2ccc(B3OC(C)(C)C(C)(C)O3)cc2)CC1. The topological polar surface area (TPSA) is 68.3 Å². The zero-order chi connectivity index (χ0) is 24.6. The van der Waals surface area contributed by atoms with Gasteiger partial charge in [-0.1, -0.05) is 24.3 Å². The maximum atomic E-state index is 12.8. The first-order valence-corrected chi connectivity index (χ1v) is 11.9. The van der Waals surface area contributed by atoms with Crippen LogP contribution in [0.15, 0.2) is 24.3 Å². The van der Waals surface area contributed by atoms with Gasteiger partial charge in [0.25, 0.3) is 0 Å². The van der Waals surface area contributed by atoms with Crippen LogP contribution in [-0.2, 0) is 25.3 Å². The van der Waals surface area contributed by atoms with Crippen LogP contribution >= 0.6 is 0 Å². The Balaban J connectivity index is 1.50. The quantitative estimate of drug-likeness (QED) is 0.648. The summed E-state index contributed by atoms with van der Waals surface area (Å²) in [5.41, 5.74) is 0.649. The zero-order valence-electron chi connectivity index (χ0n) is 21.4. The van der Waals surface area contributed by atoms with E-state index in [0.717, 1.165) is 23.9 Å². The van der Waals surface area contributed by atoms with Crippen LogP contribution in [0.5, 0.6) is 0 Å². The number of nitrogens with zero attached hydrogens (tertiary/aromatic N) is 2. The van der Waals surface area contributed by atoms with Gasteiger partial charge in [-0.25, -0.2) is 4.79 Å². The van der Waals surface area contributed by atoms with Crippen molar-refractivity contribution in [2.75, 3.05) is 20.1 Å². The van der Waals surface area contributed by atoms with Crippen molar-refractivity contribution in [1.29, 1.82) is 0 Å². The van der Waals surface area contributed by atoms with Gasteiger partial charge in [0.15, 0.2) is 0 Å². The van der Waals surface area contributed by atoms with E-state index in [9.17, 15) is 9.59 Å². The second kappa shape index (κ2) is 9.30. The summed E-state index contributed by atoms with van der Waals surface area (Å²) in [4.78, 5) is 28.7. The van der Waals surface area contributed by atoms with E-state index in [1.54, 1.807) is 11.9 Å². The summed E-state index contributed by atoms with van der Waals surface area (Å²) in [5.74, 6) is 0.108. The molecule has 0 bridgehead atoms. The van der Waals surface area contributed by atoms with Crippen molar-refractivity contribution in [2.45, 2.75) is 90.6 Å². The Morgan fingerprint density at radius 2 is 1.58 bits per heavy atom. The van der Waals surface area contributed by atoms with Crippen molar-refractivity contribution in [1.82, 2.24) is 9.80 Å². The molecule has 0 N–H and O–H groups in total. The number of piperidine rings is 1. The number of carbonyl (C=O) groups excluding carboxylic acids is 2. The van der Waals surface area contributed by atoms with E-state index in [0.29, 0.717) is 19.5 Å². The summed E-state index contributed by atoms with van der Waals surface area (Å²) >= 11 is 0. The summed E-state index contributed by atoms with van der Waals surface area (Å²) in [5, 5.41) is 0. The molecule has 1 aromatic carbocycles. The number of hydrogen-bond acceptors (Lipinski definition) is 5. The molecular weight excluding hydrogens is 419 g/mol. The van der Waals surface area contributed by atoms with Crippen LogP contribution in [0.25, 0.3) is 0 Å². The highest BCUT2D eigenvalue weighted by Gasteiger charge is 2.51. The smallest absolute Gasteiger partial charge is 0.444 e. The lowest BCUT2D eigenvalue weighted by Crippen LogP contribution is -2.48. The highest BCUT2D eigenvalue weighted by Crippen LogP contribution is 2.36. The molecule has 2 heterocycles. The molecule has 0 atom stereocenters. The summed E-state index contributed by atoms with van der Waals surface area (Å²) < 4.78 is 17.7. The zero-order valence-corrected chi connectivity index (χ0v) is 21.4. The molecule has 0 aliphatic carbocycles. The average Bonchev–Trinajstić information content (AvgIpc) is 2.94. The number of hydrogen-bond donors (Lipinski definition) is 0. The molecule has 3 rings (SSSR count). The highest BCUT2D eigenvalue weighted by atomic mass is 16.7. The van der Waals surface area contributed by atoms with Gasteiger partial charge in [-0.15, -0.1) is 0 Å². The Hall–Kier alpha value is -2.06. The lowest BCUT2D eigenvalue weighted by molar-refractivity contribution is -0.131. The number of carbonyl (C=O) groups is 2. The van der Waals surface area contributed by atoms with E-state index in [2.05, 4.69) is 0 Å². The number of ether oxygens (including phenoxy) is 1. The lowest BCUT2D eigenvalue weighted by atomic mass is 9.79. The van der Waals surface area contributed by atoms with Gasteiger partial charge in [0.1, 0.15) is 5.60 Å². The molecule has 2 fully saturated rings. The van der Waals surface area contributed by atoms with Crippen LogP contribution < -0.4 is 5.46 Å². The van der Waals surface area contributed by atoms with Gasteiger partial charge in [-0.05, 0) is 72.3 Å². The monoisotopic (exact) mass is 458 g/mol. The van der Waals surface area contributed by atoms with E-state index in [-0.39, 0.29) is 29.2 Å². The summed E-state index contributed by atoms with van der Waals surface area (Å²) in [6.45, 7) is 15.0. The van der Waals surface area contributed by atoms with Crippen LogP contribution in [0, 0.1) is 0 Å². The second-order valence-corrected chi connectivity index (χ2v) is 11.2. The molecule has 33 heavy (non-hydrogen) atoms. The maximum absolute atomic E-state index is 12.8. The first-order valence-electron chi connectivity index (χ1n) is 11.9. The van der Waals surface area contributed by atoms with E-state index in [4.69, 9.17) is 14.0 Å². The molecule has 0 radical (unpaired) electrons. The van der Waals surface area contributed by atoms with Crippen LogP contribution in [-0.4, -0.2) is 71.9 Å². The molecular formula is C25H39BN2O5. The average molecular weight is 458 g/mol. The van der Waals surface area contributed by atoms with E-state index in [1.165, 1.54) is 0 Å². The Labute approximate surface area is 198 Å². The Kier molecular flexibility index (Phi) is 7.20. The second-order valence-electron chi connectivity index (χ2n) is 11.2. The number of amides is 2. The van der Waals surface area contributed by atoms with Crippen molar-refractivity contribution >= 4 is 24.6 Å². The van der Waals surface area contributed by atoms with Crippen molar-refractivity contribution in [3.8, 4) is 0 Å². The summed E-state index contributed by atoms with van der Waals surface area (Å²) in [6.07, 6.45) is 1.55. The largest absolute Gasteiger partial charge is 0.494 e. The third-order valence-electron chi connectivity index (χ3n) is 6.91. The molecule has 0 saturated carbocycles. The summed E-state index contributed by atoms with van der Waals surface area (Å²) in [6, 6.07) is 7.99. The van der Waals surface area contributed by atoms with Crippen molar-refractivity contribution in [3.63, 3.8) is 0 Å². The van der Waals surface area contributed by atoms with Gasteiger partial charge >= 0.3 is 13.2 Å². The van der Waals surface area contributed by atoms with E-state index >= 15 is 0 Å². The van der Waals surface area contributed by atoms with Gasteiger partial charge in [0, 0.05) is 26.2 Å². The van der Waals surface area contributed by atoms with Gasteiger partial charge < -0.3 is 23.8 Å². The molecule has 2 aliphatic heterocycles. The fourth-order valence-electron chi connectivity index (χ4n) is 4.04. The van der Waals surface area contributed by atoms with Gasteiger partial charge in [0.05, 0.1) is 17.6 Å². The molecule has 2 saturated heterocycles. The molecule has 7 nitrogen and oxygen atoms in total. The fourth-order valence-corrected chi connectivity index (χ4v) is 4.04. The minimum absolute atomic E-state index is 0.0862. The molecule has 0 unspecified atom stereocenters. The number of likely N-dealkylation sites (tertiary alicyclic amines) is 1. The lowest BCUT2D eigenvalue weighted by Gasteiger charge is -2.37. The maximum Gasteiger partial charge on any atom is 0.494 e. The molecule has 0 aromatic heterocycles. The number of benzene rings is 1. The predicted molar refractivity (Wildman–Crippen MR) is 129 cm³/mol. The third-order valence-corrected chi connectivity index (χ3v) is 6.91. The first kappa shape index (κ1) is 25.6. The predicted octanol–water partition coefficient (Wildman–Crippen LogP) is 3.39. The van der Waals surface area contributed by atoms with Crippen LogP contribution in [0.4, 0.5) is 4.79 Å². The Bertz CT molecular complexity index is 839. The highest BCUT2D eigenvalue weighted by molar-refractivity contribution is 6.62. The molecule has 0 spiro atoms. The van der Waals surface area contributed by atoms with Crippen molar-refractivity contribution in [2.24, 2.45) is 0 Å². The minimum atomic E-state index is -0.514. The van der Waals surface area contributed by atoms with Crippen LogP contribution in [0.3, 0.4) is 0 Å². The van der Waals surface area contributed by atoms with Gasteiger partial charge in [-0.3, -0.25) is 4.79 Å². The summed E-state index contributed by atoms with van der Waals surface area (Å²) in [7, 11) is 1.37. The first-order chi connectivity index (χ1) is 15.2. The number of rotatable bonds is 4. The Morgan fingerprint density at radius 3 is 2.06 bits per heavy atom. The molecule has 1 aromatic rings. The van der Waals surface area contributed by atoms with E-state index < -0.39 is 12.7 Å². The van der Waals surface area contributed by atoms with Crippen molar-refractivity contribution < 1.29 is 23.6 Å². The standard InChI is InChI=1S/C25H39BN2O5/c1-23(2,3)31-22(30)27(8)20-13-15-28(16-14-20)21(29)17-18-9-11-19(12-10-18)26-32-24(4,5)25(6,7)33-26/h9-12,20H,13-17H2,1-8H3. The van der Waals surface area contributed by atoms with Crippen LogP contribution in [0.1, 0.15) is 66.9 Å². The van der Waals surface area contributed by atoms with E-state index in [1.807, 2.05) is 77.6 Å². The molecule has 182 valence electrons. The molecule has 2 amide bonds. The Morgan fingerprint density at radius 1 is 1.06 bits per heavy atom. The van der Waals surface area contributed by atoms with Gasteiger partial charge in [-0.2, -0.15) is 0 Å². The van der Waals surface area contributed by atoms with Gasteiger partial charge in [0.2, 0.25) is 5.91 Å². The fraction of sp³-hybridized carbons (Fsp3) is 0.680. The molecule has 2 aliphatic rings. The third kappa shape index (κ3) is 6.09. The van der Waals surface area contributed by atoms with Crippen LogP contribution in [0.2, 0.25) is 0 Å². The minimum Gasteiger partial charge on any atom is -0.444 e. The normalized spacial score (nSPS) is 20.6. The molecule has 8 heteroatoms. The van der Waals surface area contributed by atoms with Crippen molar-refractivity contribution in [3.05, 3.63) is 29.8 Å².